The van der Waals surface area contributed by atoms with Gasteiger partial charge in [0.05, 0.1) is 11.1 Å². The standard InChI is InChI=1S/C31H45NO3/c1-8-9-10-13-20-16-22-26(24(18-20)30(2,3)4)33-29-23-17-21(14-11-12-15-32)19-25(31(5,6)7)27(23)34-28(22)35-29/h16-19,28-29H,8-15,32H2,1-7H3. The van der Waals surface area contributed by atoms with Gasteiger partial charge in [-0.25, -0.2) is 0 Å². The monoisotopic (exact) mass is 479 g/mol. The number of fused-ring (bicyclic) bond motifs is 6. The number of benzene rings is 2. The van der Waals surface area contributed by atoms with Crippen LogP contribution >= 0.6 is 0 Å². The van der Waals surface area contributed by atoms with E-state index < -0.39 is 12.6 Å². The average Bonchev–Trinajstić information content (AvgIpc) is 2.78. The third-order valence-electron chi connectivity index (χ3n) is 7.16. The lowest BCUT2D eigenvalue weighted by Gasteiger charge is -2.42. The van der Waals surface area contributed by atoms with Crippen molar-refractivity contribution >= 4 is 0 Å². The van der Waals surface area contributed by atoms with E-state index in [1.807, 2.05) is 0 Å². The Morgan fingerprint density at radius 2 is 1.14 bits per heavy atom. The van der Waals surface area contributed by atoms with Crippen LogP contribution in [-0.4, -0.2) is 6.54 Å². The summed E-state index contributed by atoms with van der Waals surface area (Å²) in [4.78, 5) is 0. The number of hydrogen-bond acceptors (Lipinski definition) is 4. The van der Waals surface area contributed by atoms with Crippen LogP contribution in [0.4, 0.5) is 0 Å². The topological polar surface area (TPSA) is 53.7 Å². The second-order valence-electron chi connectivity index (χ2n) is 12.4. The second kappa shape index (κ2) is 10.1. The van der Waals surface area contributed by atoms with E-state index in [9.17, 15) is 0 Å². The molecule has 0 radical (unpaired) electrons. The fraction of sp³-hybridized carbons (Fsp3) is 0.613. The molecule has 2 aromatic carbocycles. The molecule has 0 saturated carbocycles. The minimum atomic E-state index is -0.459. The molecule has 2 unspecified atom stereocenters. The maximum Gasteiger partial charge on any atom is 0.233 e. The molecule has 0 amide bonds. The van der Waals surface area contributed by atoms with Crippen molar-refractivity contribution in [2.24, 2.45) is 5.73 Å². The summed E-state index contributed by atoms with van der Waals surface area (Å²) in [6.45, 7) is 16.5. The van der Waals surface area contributed by atoms with Gasteiger partial charge in [0, 0.05) is 11.1 Å². The number of rotatable bonds is 8. The molecule has 2 atom stereocenters. The molecule has 0 aromatic heterocycles. The van der Waals surface area contributed by atoms with Gasteiger partial charge < -0.3 is 15.2 Å². The summed E-state index contributed by atoms with van der Waals surface area (Å²) in [5, 5.41) is 0. The lowest BCUT2D eigenvalue weighted by Crippen LogP contribution is -2.33. The van der Waals surface area contributed by atoms with E-state index >= 15 is 0 Å². The maximum atomic E-state index is 6.69. The first-order valence-electron chi connectivity index (χ1n) is 13.6. The van der Waals surface area contributed by atoms with Gasteiger partial charge in [0.1, 0.15) is 11.5 Å². The van der Waals surface area contributed by atoms with Crippen LogP contribution < -0.4 is 15.2 Å². The van der Waals surface area contributed by atoms with Crippen LogP contribution in [0, 0.1) is 0 Å². The number of hydrogen-bond donors (Lipinski definition) is 1. The summed E-state index contributed by atoms with van der Waals surface area (Å²) in [5.74, 6) is 1.87. The zero-order chi connectivity index (χ0) is 25.4. The minimum Gasteiger partial charge on any atom is -0.459 e. The largest absolute Gasteiger partial charge is 0.459 e. The highest BCUT2D eigenvalue weighted by atomic mass is 16.8. The number of nitrogens with two attached hydrogens (primary N) is 1. The number of ether oxygens (including phenoxy) is 3. The van der Waals surface area contributed by atoms with Gasteiger partial charge in [0.2, 0.25) is 12.6 Å². The van der Waals surface area contributed by atoms with Crippen LogP contribution in [0.2, 0.25) is 0 Å². The van der Waals surface area contributed by atoms with Crippen LogP contribution in [0.25, 0.3) is 0 Å². The van der Waals surface area contributed by atoms with E-state index in [-0.39, 0.29) is 10.8 Å². The second-order valence-corrected chi connectivity index (χ2v) is 12.4. The smallest absolute Gasteiger partial charge is 0.233 e. The minimum absolute atomic E-state index is 0.0417. The summed E-state index contributed by atoms with van der Waals surface area (Å²) in [7, 11) is 0. The van der Waals surface area contributed by atoms with Crippen LogP contribution in [0.1, 0.15) is 127 Å². The van der Waals surface area contributed by atoms with Crippen molar-refractivity contribution in [1.82, 2.24) is 0 Å². The zero-order valence-electron chi connectivity index (χ0n) is 22.9. The van der Waals surface area contributed by atoms with Crippen molar-refractivity contribution in [3.8, 4) is 11.5 Å². The highest BCUT2D eigenvalue weighted by Crippen LogP contribution is 2.53. The van der Waals surface area contributed by atoms with Crippen molar-refractivity contribution in [2.75, 3.05) is 6.54 Å². The van der Waals surface area contributed by atoms with Gasteiger partial charge in [-0.1, -0.05) is 73.4 Å². The number of aryl methyl sites for hydroxylation is 2. The van der Waals surface area contributed by atoms with E-state index in [0.717, 1.165) is 54.9 Å². The quantitative estimate of drug-likeness (QED) is 0.393. The van der Waals surface area contributed by atoms with Gasteiger partial charge in [0.15, 0.2) is 0 Å². The summed E-state index contributed by atoms with van der Waals surface area (Å²) in [6, 6.07) is 9.15. The van der Waals surface area contributed by atoms with E-state index in [1.54, 1.807) is 0 Å². The first-order chi connectivity index (χ1) is 16.5. The molecule has 2 aromatic rings. The molecule has 4 heteroatoms. The van der Waals surface area contributed by atoms with Crippen molar-refractivity contribution in [3.63, 3.8) is 0 Å². The fourth-order valence-corrected chi connectivity index (χ4v) is 5.15. The van der Waals surface area contributed by atoms with Crippen LogP contribution in [0.15, 0.2) is 24.3 Å². The molecule has 0 fully saturated rings. The highest BCUT2D eigenvalue weighted by molar-refractivity contribution is 5.55. The SMILES string of the molecule is CCCCCc1cc2c(c(C(C)(C)C)c1)OC1OC2Oc2c1cc(CCCCN)cc2C(C)(C)C. The van der Waals surface area contributed by atoms with Gasteiger partial charge in [-0.15, -0.1) is 0 Å². The van der Waals surface area contributed by atoms with Crippen molar-refractivity contribution in [1.29, 1.82) is 0 Å². The Morgan fingerprint density at radius 3 is 1.54 bits per heavy atom. The summed E-state index contributed by atoms with van der Waals surface area (Å²) in [5.41, 5.74) is 12.8. The van der Waals surface area contributed by atoms with E-state index in [0.29, 0.717) is 0 Å². The molecule has 4 rings (SSSR count). The molecule has 35 heavy (non-hydrogen) atoms. The zero-order valence-corrected chi connectivity index (χ0v) is 22.9. The lowest BCUT2D eigenvalue weighted by atomic mass is 9.81. The molecule has 0 saturated heterocycles. The van der Waals surface area contributed by atoms with Gasteiger partial charge >= 0.3 is 0 Å². The van der Waals surface area contributed by atoms with Crippen molar-refractivity contribution < 1.29 is 14.2 Å². The van der Waals surface area contributed by atoms with Gasteiger partial charge in [0.25, 0.3) is 0 Å². The Kier molecular flexibility index (Phi) is 7.54. The van der Waals surface area contributed by atoms with Gasteiger partial charge in [-0.3, -0.25) is 4.74 Å². The van der Waals surface area contributed by atoms with Crippen molar-refractivity contribution in [3.05, 3.63) is 57.6 Å². The third kappa shape index (κ3) is 5.54. The summed E-state index contributed by atoms with van der Waals surface area (Å²) in [6.07, 6.45) is 6.91. The highest BCUT2D eigenvalue weighted by Gasteiger charge is 2.42. The van der Waals surface area contributed by atoms with Crippen molar-refractivity contribution in [2.45, 2.75) is 117 Å². The van der Waals surface area contributed by atoms with E-state index in [2.05, 4.69) is 72.7 Å². The predicted octanol–water partition coefficient (Wildman–Crippen LogP) is 7.79. The summed E-state index contributed by atoms with van der Waals surface area (Å²) < 4.78 is 19.8. The predicted molar refractivity (Wildman–Crippen MR) is 143 cm³/mol. The van der Waals surface area contributed by atoms with Gasteiger partial charge in [-0.2, -0.15) is 0 Å². The fourth-order valence-electron chi connectivity index (χ4n) is 5.15. The molecule has 2 bridgehead atoms. The third-order valence-corrected chi connectivity index (χ3v) is 7.16. The number of unbranched alkanes of at least 4 members (excludes halogenated alkanes) is 3. The molecule has 0 spiro atoms. The van der Waals surface area contributed by atoms with E-state index in [1.165, 1.54) is 41.5 Å². The first kappa shape index (κ1) is 26.0. The molecule has 192 valence electrons. The van der Waals surface area contributed by atoms with Crippen LogP contribution in [-0.2, 0) is 28.4 Å². The Labute approximate surface area is 212 Å². The molecule has 2 N–H and O–H groups in total. The molecular formula is C31H45NO3. The molecule has 0 aliphatic carbocycles. The molecular weight excluding hydrogens is 434 g/mol. The molecule has 2 aliphatic rings. The Balaban J connectivity index is 1.77. The normalized spacial score (nSPS) is 19.0. The van der Waals surface area contributed by atoms with Crippen LogP contribution in [0.5, 0.6) is 11.5 Å². The molecule has 4 nitrogen and oxygen atoms in total. The van der Waals surface area contributed by atoms with Crippen LogP contribution in [0.3, 0.4) is 0 Å². The van der Waals surface area contributed by atoms with E-state index in [4.69, 9.17) is 19.9 Å². The van der Waals surface area contributed by atoms with Gasteiger partial charge in [-0.05, 0) is 72.7 Å². The summed E-state index contributed by atoms with van der Waals surface area (Å²) >= 11 is 0. The average molecular weight is 480 g/mol. The Bertz CT molecular complexity index is 961. The Hall–Kier alpha value is -2.04. The molecule has 2 heterocycles. The lowest BCUT2D eigenvalue weighted by molar-refractivity contribution is -0.228. The molecule has 2 aliphatic heterocycles. The first-order valence-corrected chi connectivity index (χ1v) is 13.6. The Morgan fingerprint density at radius 1 is 0.686 bits per heavy atom. The maximum absolute atomic E-state index is 6.69.